The predicted molar refractivity (Wildman–Crippen MR) is 101 cm³/mol. The van der Waals surface area contributed by atoms with E-state index in [0.29, 0.717) is 29.8 Å². The van der Waals surface area contributed by atoms with E-state index in [4.69, 9.17) is 9.47 Å². The minimum atomic E-state index is -0.686. The molecule has 0 bridgehead atoms. The van der Waals surface area contributed by atoms with Gasteiger partial charge in [0.05, 0.1) is 25.1 Å². The van der Waals surface area contributed by atoms with Crippen LogP contribution in [0.2, 0.25) is 0 Å². The fraction of sp³-hybridized carbons (Fsp3) is 0.476. The molecule has 2 N–H and O–H groups in total. The molecule has 1 aromatic carbocycles. The summed E-state index contributed by atoms with van der Waals surface area (Å²) < 4.78 is 25.3. The SMILES string of the molecule is COc1cccc(F)c1OC1C[C@@H]2CN(CC(O)c3ccc(O)cn3)C[C@@H]2C1. The number of likely N-dealkylation sites (tertiary alicyclic amines) is 1. The van der Waals surface area contributed by atoms with Crippen LogP contribution in [-0.2, 0) is 0 Å². The fourth-order valence-corrected chi connectivity index (χ4v) is 4.45. The summed E-state index contributed by atoms with van der Waals surface area (Å²) in [5, 5.41) is 19.7. The van der Waals surface area contributed by atoms with Gasteiger partial charge in [-0.2, -0.15) is 0 Å². The predicted octanol–water partition coefficient (Wildman–Crippen LogP) is 2.76. The van der Waals surface area contributed by atoms with E-state index in [1.165, 1.54) is 25.4 Å². The first-order valence-corrected chi connectivity index (χ1v) is 9.58. The van der Waals surface area contributed by atoms with Crippen LogP contribution in [0.15, 0.2) is 36.5 Å². The highest BCUT2D eigenvalue weighted by atomic mass is 19.1. The average molecular weight is 388 g/mol. The summed E-state index contributed by atoms with van der Waals surface area (Å²) in [5.41, 5.74) is 0.558. The van der Waals surface area contributed by atoms with E-state index < -0.39 is 11.9 Å². The van der Waals surface area contributed by atoms with E-state index in [1.807, 2.05) is 0 Å². The smallest absolute Gasteiger partial charge is 0.197 e. The molecule has 1 aliphatic carbocycles. The highest BCUT2D eigenvalue weighted by Gasteiger charge is 2.42. The Morgan fingerprint density at radius 1 is 1.21 bits per heavy atom. The first-order valence-electron chi connectivity index (χ1n) is 9.58. The molecule has 7 heteroatoms. The van der Waals surface area contributed by atoms with Crippen molar-refractivity contribution in [3.63, 3.8) is 0 Å². The van der Waals surface area contributed by atoms with Crippen molar-refractivity contribution in [1.82, 2.24) is 9.88 Å². The number of methoxy groups -OCH3 is 1. The molecule has 28 heavy (non-hydrogen) atoms. The lowest BCUT2D eigenvalue weighted by atomic mass is 10.0. The second-order valence-electron chi connectivity index (χ2n) is 7.68. The molecule has 0 radical (unpaired) electrons. The maximum absolute atomic E-state index is 14.1. The first-order chi connectivity index (χ1) is 13.5. The van der Waals surface area contributed by atoms with Crippen LogP contribution in [0.25, 0.3) is 0 Å². The summed E-state index contributed by atoms with van der Waals surface area (Å²) in [5.74, 6) is 1.25. The molecule has 4 rings (SSSR count). The number of ether oxygens (including phenoxy) is 2. The third kappa shape index (κ3) is 3.91. The van der Waals surface area contributed by atoms with Gasteiger partial charge in [-0.05, 0) is 48.9 Å². The Kier molecular flexibility index (Phi) is 5.37. The minimum Gasteiger partial charge on any atom is -0.506 e. The van der Waals surface area contributed by atoms with Gasteiger partial charge in [0.25, 0.3) is 0 Å². The van der Waals surface area contributed by atoms with E-state index in [9.17, 15) is 14.6 Å². The number of rotatable bonds is 6. The summed E-state index contributed by atoms with van der Waals surface area (Å²) in [7, 11) is 1.51. The summed E-state index contributed by atoms with van der Waals surface area (Å²) in [6, 6.07) is 7.87. The Balaban J connectivity index is 1.32. The largest absolute Gasteiger partial charge is 0.506 e. The number of β-amino-alcohol motifs (C(OH)–C–C–N with tert-alkyl or cyclic N) is 1. The van der Waals surface area contributed by atoms with Crippen LogP contribution < -0.4 is 9.47 Å². The molecule has 2 aromatic rings. The molecule has 2 heterocycles. The number of hydrogen-bond acceptors (Lipinski definition) is 6. The van der Waals surface area contributed by atoms with Crippen molar-refractivity contribution in [2.24, 2.45) is 11.8 Å². The summed E-state index contributed by atoms with van der Waals surface area (Å²) in [6.07, 6.45) is 2.37. The number of aliphatic hydroxyl groups excluding tert-OH is 1. The third-order valence-corrected chi connectivity index (χ3v) is 5.76. The number of para-hydroxylation sites is 1. The van der Waals surface area contributed by atoms with Gasteiger partial charge in [0.15, 0.2) is 17.3 Å². The quantitative estimate of drug-likeness (QED) is 0.793. The number of halogens is 1. The normalized spacial score (nSPS) is 25.5. The molecule has 1 aliphatic heterocycles. The second-order valence-corrected chi connectivity index (χ2v) is 7.68. The van der Waals surface area contributed by atoms with E-state index in [-0.39, 0.29) is 17.6 Å². The van der Waals surface area contributed by atoms with Gasteiger partial charge in [-0.15, -0.1) is 0 Å². The van der Waals surface area contributed by atoms with E-state index in [1.54, 1.807) is 18.2 Å². The maximum atomic E-state index is 14.1. The molecule has 2 unspecified atom stereocenters. The Morgan fingerprint density at radius 2 is 1.96 bits per heavy atom. The Bertz CT molecular complexity index is 803. The molecule has 0 amide bonds. The fourth-order valence-electron chi connectivity index (χ4n) is 4.45. The standard InChI is InChI=1S/C21H25FN2O4/c1-27-20-4-2-3-17(22)21(20)28-16-7-13-10-24(11-14(13)8-16)12-19(26)18-6-5-15(25)9-23-18/h2-6,9,13-14,16,19,25-26H,7-8,10-12H2,1H3/t13-,14+,16?,19?. The number of nitrogens with zero attached hydrogens (tertiary/aromatic N) is 2. The Labute approximate surface area is 163 Å². The number of aromatic hydroxyl groups is 1. The number of aromatic nitrogens is 1. The zero-order chi connectivity index (χ0) is 19.7. The summed E-state index contributed by atoms with van der Waals surface area (Å²) in [4.78, 5) is 6.33. The van der Waals surface area contributed by atoms with Crippen LogP contribution in [0.1, 0.15) is 24.6 Å². The van der Waals surface area contributed by atoms with Crippen molar-refractivity contribution in [2.75, 3.05) is 26.7 Å². The lowest BCUT2D eigenvalue weighted by molar-refractivity contribution is 0.112. The maximum Gasteiger partial charge on any atom is 0.197 e. The summed E-state index contributed by atoms with van der Waals surface area (Å²) in [6.45, 7) is 2.28. The molecule has 2 aliphatic rings. The third-order valence-electron chi connectivity index (χ3n) is 5.76. The van der Waals surface area contributed by atoms with Gasteiger partial charge in [0.2, 0.25) is 0 Å². The van der Waals surface area contributed by atoms with E-state index in [0.717, 1.165) is 25.9 Å². The molecule has 1 saturated carbocycles. The van der Waals surface area contributed by atoms with Gasteiger partial charge in [0.1, 0.15) is 11.9 Å². The number of benzene rings is 1. The molecule has 0 spiro atoms. The van der Waals surface area contributed by atoms with Gasteiger partial charge < -0.3 is 19.7 Å². The van der Waals surface area contributed by atoms with Crippen LogP contribution in [0.4, 0.5) is 4.39 Å². The molecule has 4 atom stereocenters. The monoisotopic (exact) mass is 388 g/mol. The lowest BCUT2D eigenvalue weighted by Crippen LogP contribution is -2.29. The van der Waals surface area contributed by atoms with E-state index >= 15 is 0 Å². The van der Waals surface area contributed by atoms with Gasteiger partial charge in [-0.3, -0.25) is 9.88 Å². The van der Waals surface area contributed by atoms with Crippen LogP contribution in [0.5, 0.6) is 17.2 Å². The van der Waals surface area contributed by atoms with Crippen molar-refractivity contribution in [3.8, 4) is 17.2 Å². The van der Waals surface area contributed by atoms with Crippen LogP contribution in [-0.4, -0.2) is 52.9 Å². The van der Waals surface area contributed by atoms with Gasteiger partial charge in [-0.1, -0.05) is 6.07 Å². The summed E-state index contributed by atoms with van der Waals surface area (Å²) >= 11 is 0. The van der Waals surface area contributed by atoms with Crippen LogP contribution in [0.3, 0.4) is 0 Å². The molecule has 2 fully saturated rings. The van der Waals surface area contributed by atoms with Crippen molar-refractivity contribution in [2.45, 2.75) is 25.0 Å². The van der Waals surface area contributed by atoms with Gasteiger partial charge in [-0.25, -0.2) is 4.39 Å². The number of fused-ring (bicyclic) bond motifs is 1. The second kappa shape index (κ2) is 7.93. The van der Waals surface area contributed by atoms with Crippen molar-refractivity contribution in [1.29, 1.82) is 0 Å². The number of pyridine rings is 1. The van der Waals surface area contributed by atoms with Crippen LogP contribution >= 0.6 is 0 Å². The van der Waals surface area contributed by atoms with Gasteiger partial charge >= 0.3 is 0 Å². The number of aliphatic hydroxyl groups is 1. The molecular formula is C21H25FN2O4. The Hall–Kier alpha value is -2.38. The Morgan fingerprint density at radius 3 is 2.61 bits per heavy atom. The van der Waals surface area contributed by atoms with E-state index in [2.05, 4.69) is 9.88 Å². The number of hydrogen-bond donors (Lipinski definition) is 2. The molecule has 150 valence electrons. The zero-order valence-electron chi connectivity index (χ0n) is 15.8. The highest BCUT2D eigenvalue weighted by Crippen LogP contribution is 2.42. The molecule has 6 nitrogen and oxygen atoms in total. The van der Waals surface area contributed by atoms with Crippen molar-refractivity contribution < 1.29 is 24.1 Å². The topological polar surface area (TPSA) is 75.1 Å². The average Bonchev–Trinajstić information content (AvgIpc) is 3.21. The van der Waals surface area contributed by atoms with Crippen molar-refractivity contribution >= 4 is 0 Å². The lowest BCUT2D eigenvalue weighted by Gasteiger charge is -2.22. The van der Waals surface area contributed by atoms with Gasteiger partial charge in [0, 0.05) is 19.6 Å². The molecule has 1 saturated heterocycles. The van der Waals surface area contributed by atoms with Crippen molar-refractivity contribution in [3.05, 3.63) is 48.0 Å². The zero-order valence-corrected chi connectivity index (χ0v) is 15.8. The minimum absolute atomic E-state index is 0.0216. The first kappa shape index (κ1) is 19.0. The van der Waals surface area contributed by atoms with Crippen LogP contribution in [0, 0.1) is 17.7 Å². The highest BCUT2D eigenvalue weighted by molar-refractivity contribution is 5.41. The molecular weight excluding hydrogens is 363 g/mol. The molecule has 1 aromatic heterocycles.